The van der Waals surface area contributed by atoms with Crippen molar-refractivity contribution in [3.63, 3.8) is 0 Å². The predicted molar refractivity (Wildman–Crippen MR) is 180 cm³/mol. The fourth-order valence-corrected chi connectivity index (χ4v) is 5.33. The van der Waals surface area contributed by atoms with Gasteiger partial charge in [-0.05, 0) is 91.6 Å². The molecule has 0 saturated carbocycles. The number of aliphatic hydroxyl groups excluding tert-OH is 1. The summed E-state index contributed by atoms with van der Waals surface area (Å²) in [5.74, 6) is 1.29. The van der Waals surface area contributed by atoms with Crippen LogP contribution in [0.5, 0.6) is 17.2 Å². The fraction of sp³-hybridized carbons (Fsp3) is 0.333. The first-order chi connectivity index (χ1) is 22.4. The number of likely N-dealkylation sites (tertiary alicyclic amines) is 1. The number of amides is 3. The lowest BCUT2D eigenvalue weighted by molar-refractivity contribution is 0.0792. The van der Waals surface area contributed by atoms with Gasteiger partial charge in [0, 0.05) is 67.3 Å². The molecule has 0 aliphatic carbocycles. The normalized spacial score (nSPS) is 13.6. The largest absolute Gasteiger partial charge is 0.493 e. The van der Waals surface area contributed by atoms with Crippen LogP contribution in [0, 0.1) is 0 Å². The second-order valence-electron chi connectivity index (χ2n) is 11.5. The van der Waals surface area contributed by atoms with Crippen LogP contribution in [-0.2, 0) is 6.54 Å². The van der Waals surface area contributed by atoms with Gasteiger partial charge in [-0.25, -0.2) is 4.79 Å². The number of nitrogens with zero attached hydrogens (tertiary/aromatic N) is 2. The van der Waals surface area contributed by atoms with E-state index in [1.807, 2.05) is 18.3 Å². The van der Waals surface area contributed by atoms with Crippen LogP contribution < -0.4 is 25.4 Å². The quantitative estimate of drug-likeness (QED) is 0.122. The third kappa shape index (κ3) is 9.12. The number of carbonyl (C=O) groups is 2. The summed E-state index contributed by atoms with van der Waals surface area (Å²) in [5, 5.41) is 18.3. The van der Waals surface area contributed by atoms with Crippen LogP contribution in [0.4, 0.5) is 16.2 Å². The third-order valence-electron chi connectivity index (χ3n) is 7.97. The standard InChI is InChI=1S/C36H43N5O5/c1-3-4-5-19-37-36(44)39-28-8-13-32(14-9-28)46-33-15-10-29(23-34(33)45-2)38-35(43)27-6-11-30(12-7-27)41-22-16-26(25-41)24-40-20-17-31(42)18-21-40/h6-16,22-23,25,31,42H,3-5,17-21,24H2,1-2H3,(H,38,43)(H2,37,39,44). The Hall–Kier alpha value is -4.80. The van der Waals surface area contributed by atoms with Crippen LogP contribution in [0.2, 0.25) is 0 Å². The van der Waals surface area contributed by atoms with Gasteiger partial charge in [-0.2, -0.15) is 0 Å². The van der Waals surface area contributed by atoms with E-state index >= 15 is 0 Å². The van der Waals surface area contributed by atoms with Crippen molar-refractivity contribution in [3.05, 3.63) is 96.3 Å². The van der Waals surface area contributed by atoms with Crippen molar-refractivity contribution >= 4 is 23.3 Å². The Morgan fingerprint density at radius 1 is 0.891 bits per heavy atom. The van der Waals surface area contributed by atoms with Crippen LogP contribution in [0.25, 0.3) is 5.69 Å². The second-order valence-corrected chi connectivity index (χ2v) is 11.5. The van der Waals surface area contributed by atoms with Gasteiger partial charge in [0.15, 0.2) is 11.5 Å². The average Bonchev–Trinajstić information content (AvgIpc) is 3.54. The number of aliphatic hydroxyl groups is 1. The molecule has 0 spiro atoms. The number of aromatic nitrogens is 1. The minimum absolute atomic E-state index is 0.174. The topological polar surface area (TPSA) is 117 Å². The number of rotatable bonds is 13. The molecule has 0 atom stereocenters. The molecule has 10 nitrogen and oxygen atoms in total. The van der Waals surface area contributed by atoms with E-state index < -0.39 is 0 Å². The number of piperidine rings is 1. The van der Waals surface area contributed by atoms with Crippen molar-refractivity contribution in [2.45, 2.75) is 51.7 Å². The molecule has 2 heterocycles. The van der Waals surface area contributed by atoms with Gasteiger partial charge in [-0.1, -0.05) is 19.8 Å². The highest BCUT2D eigenvalue weighted by Crippen LogP contribution is 2.34. The van der Waals surface area contributed by atoms with Gasteiger partial charge in [0.05, 0.1) is 13.2 Å². The van der Waals surface area contributed by atoms with Gasteiger partial charge >= 0.3 is 6.03 Å². The molecule has 1 aliphatic rings. The highest BCUT2D eigenvalue weighted by atomic mass is 16.5. The highest BCUT2D eigenvalue weighted by molar-refractivity contribution is 6.04. The predicted octanol–water partition coefficient (Wildman–Crippen LogP) is 6.80. The van der Waals surface area contributed by atoms with E-state index in [4.69, 9.17) is 9.47 Å². The van der Waals surface area contributed by atoms with Gasteiger partial charge in [0.25, 0.3) is 5.91 Å². The van der Waals surface area contributed by atoms with Crippen molar-refractivity contribution in [3.8, 4) is 22.9 Å². The molecule has 3 amide bonds. The summed E-state index contributed by atoms with van der Waals surface area (Å²) in [7, 11) is 1.54. The Morgan fingerprint density at radius 3 is 2.35 bits per heavy atom. The molecule has 1 aliphatic heterocycles. The lowest BCUT2D eigenvalue weighted by Crippen LogP contribution is -2.35. The molecule has 0 unspecified atom stereocenters. The zero-order chi connectivity index (χ0) is 32.3. The van der Waals surface area contributed by atoms with Crippen molar-refractivity contribution in [2.24, 2.45) is 0 Å². The number of hydrogen-bond donors (Lipinski definition) is 4. The lowest BCUT2D eigenvalue weighted by atomic mass is 10.1. The summed E-state index contributed by atoms with van der Waals surface area (Å²) in [6.07, 6.45) is 8.75. The minimum atomic E-state index is -0.236. The van der Waals surface area contributed by atoms with Gasteiger partial charge in [0.2, 0.25) is 0 Å². The molecule has 5 rings (SSSR count). The smallest absolute Gasteiger partial charge is 0.319 e. The number of anilines is 2. The van der Waals surface area contributed by atoms with Crippen LogP contribution in [-0.4, -0.2) is 59.4 Å². The van der Waals surface area contributed by atoms with Crippen molar-refractivity contribution in [1.29, 1.82) is 0 Å². The van der Waals surface area contributed by atoms with Gasteiger partial charge in [0.1, 0.15) is 5.75 Å². The molecular weight excluding hydrogens is 582 g/mol. The maximum atomic E-state index is 13.0. The fourth-order valence-electron chi connectivity index (χ4n) is 5.33. The second kappa shape index (κ2) is 16.0. The Morgan fingerprint density at radius 2 is 1.63 bits per heavy atom. The van der Waals surface area contributed by atoms with Crippen LogP contribution in [0.15, 0.2) is 85.2 Å². The zero-order valence-electron chi connectivity index (χ0n) is 26.5. The van der Waals surface area contributed by atoms with Crippen molar-refractivity contribution in [2.75, 3.05) is 37.4 Å². The maximum absolute atomic E-state index is 13.0. The van der Waals surface area contributed by atoms with E-state index in [0.717, 1.165) is 57.4 Å². The maximum Gasteiger partial charge on any atom is 0.319 e. The van der Waals surface area contributed by atoms with Crippen LogP contribution in [0.3, 0.4) is 0 Å². The molecule has 46 heavy (non-hydrogen) atoms. The summed E-state index contributed by atoms with van der Waals surface area (Å²) >= 11 is 0. The van der Waals surface area contributed by atoms with Crippen molar-refractivity contribution < 1.29 is 24.2 Å². The molecule has 0 radical (unpaired) electrons. The lowest BCUT2D eigenvalue weighted by Gasteiger charge is -2.29. The number of ether oxygens (including phenoxy) is 2. The van der Waals surface area contributed by atoms with E-state index in [0.29, 0.717) is 40.7 Å². The van der Waals surface area contributed by atoms with E-state index in [-0.39, 0.29) is 18.0 Å². The first-order valence-corrected chi connectivity index (χ1v) is 15.9. The highest BCUT2D eigenvalue weighted by Gasteiger charge is 2.17. The Kier molecular flexibility index (Phi) is 11.3. The number of hydrogen-bond acceptors (Lipinski definition) is 6. The number of methoxy groups -OCH3 is 1. The third-order valence-corrected chi connectivity index (χ3v) is 7.97. The van der Waals surface area contributed by atoms with E-state index in [2.05, 4.69) is 44.6 Å². The number of nitrogens with one attached hydrogen (secondary N) is 3. The molecule has 1 fully saturated rings. The summed E-state index contributed by atoms with van der Waals surface area (Å²) in [6, 6.07) is 21.6. The molecule has 1 aromatic heterocycles. The van der Waals surface area contributed by atoms with E-state index in [9.17, 15) is 14.7 Å². The first kappa shape index (κ1) is 32.6. The van der Waals surface area contributed by atoms with Gasteiger partial charge in [-0.3, -0.25) is 9.69 Å². The molecule has 0 bridgehead atoms. The zero-order valence-corrected chi connectivity index (χ0v) is 26.5. The van der Waals surface area contributed by atoms with E-state index in [1.54, 1.807) is 61.7 Å². The number of benzene rings is 3. The average molecular weight is 626 g/mol. The first-order valence-electron chi connectivity index (χ1n) is 15.9. The monoisotopic (exact) mass is 625 g/mol. The minimum Gasteiger partial charge on any atom is -0.493 e. The molecule has 10 heteroatoms. The summed E-state index contributed by atoms with van der Waals surface area (Å²) < 4.78 is 13.6. The number of urea groups is 1. The van der Waals surface area contributed by atoms with Crippen LogP contribution in [0.1, 0.15) is 54.9 Å². The van der Waals surface area contributed by atoms with Crippen LogP contribution >= 0.6 is 0 Å². The Balaban J connectivity index is 1.14. The van der Waals surface area contributed by atoms with Gasteiger partial charge < -0.3 is 35.1 Å². The van der Waals surface area contributed by atoms with E-state index in [1.165, 1.54) is 5.56 Å². The Labute approximate surface area is 270 Å². The number of unbranched alkanes of at least 4 members (excludes halogenated alkanes) is 2. The SMILES string of the molecule is CCCCCNC(=O)Nc1ccc(Oc2ccc(NC(=O)c3ccc(-n4ccc(CN5CCC(O)CC5)c4)cc3)cc2OC)cc1. The summed E-state index contributed by atoms with van der Waals surface area (Å²) in [6.45, 7) is 5.44. The molecule has 4 N–H and O–H groups in total. The van der Waals surface area contributed by atoms with Crippen molar-refractivity contribution in [1.82, 2.24) is 14.8 Å². The summed E-state index contributed by atoms with van der Waals surface area (Å²) in [5.41, 5.74) is 3.95. The molecule has 1 saturated heterocycles. The van der Waals surface area contributed by atoms with Gasteiger partial charge in [-0.15, -0.1) is 0 Å². The molecule has 3 aromatic carbocycles. The molecule has 4 aromatic rings. The number of carbonyl (C=O) groups excluding carboxylic acids is 2. The Bertz CT molecular complexity index is 1580. The summed E-state index contributed by atoms with van der Waals surface area (Å²) in [4.78, 5) is 27.5. The molecule has 242 valence electrons. The molecular formula is C36H43N5O5.